The van der Waals surface area contributed by atoms with E-state index in [0.717, 1.165) is 22.8 Å². The van der Waals surface area contributed by atoms with E-state index < -0.39 is 15.9 Å². The second kappa shape index (κ2) is 6.80. The largest absolute Gasteiger partial charge is 0.342 e. The number of fused-ring (bicyclic) bond motifs is 1. The molecular weight excluding hydrogens is 368 g/mol. The zero-order valence-electron chi connectivity index (χ0n) is 14.7. The number of carbonyl (C=O) groups excluding carboxylic acids is 2. The molecule has 2 aliphatic rings. The van der Waals surface area contributed by atoms with E-state index in [9.17, 15) is 18.0 Å². The molecule has 4 rings (SSSR count). The van der Waals surface area contributed by atoms with Crippen molar-refractivity contribution in [3.05, 3.63) is 47.8 Å². The molecule has 1 atom stereocenters. The van der Waals surface area contributed by atoms with Gasteiger partial charge in [-0.1, -0.05) is 12.1 Å². The molecule has 0 radical (unpaired) electrons. The quantitative estimate of drug-likeness (QED) is 0.852. The average molecular weight is 388 g/mol. The summed E-state index contributed by atoms with van der Waals surface area (Å²) in [6.45, 7) is 1.08. The highest BCUT2D eigenvalue weighted by molar-refractivity contribution is 7.90. The highest BCUT2D eigenvalue weighted by Crippen LogP contribution is 2.30. The fraction of sp³-hybridized carbons (Fsp3) is 0.389. The van der Waals surface area contributed by atoms with Crippen molar-refractivity contribution in [3.63, 3.8) is 0 Å². The van der Waals surface area contributed by atoms with Gasteiger partial charge in [-0.15, -0.1) is 0 Å². The summed E-state index contributed by atoms with van der Waals surface area (Å²) in [5.74, 6) is -0.503. The maximum atomic E-state index is 12.6. The molecule has 1 N–H and O–H groups in total. The minimum Gasteiger partial charge on any atom is -0.342 e. The number of likely N-dealkylation sites (tertiary alicyclic amines) is 1. The first-order valence-electron chi connectivity index (χ1n) is 8.91. The molecule has 2 aliphatic heterocycles. The number of hydrogen-bond acceptors (Lipinski definition) is 5. The molecule has 8 nitrogen and oxygen atoms in total. The molecule has 9 heteroatoms. The lowest BCUT2D eigenvalue weighted by Crippen LogP contribution is -2.41. The van der Waals surface area contributed by atoms with Crippen molar-refractivity contribution in [2.75, 3.05) is 19.6 Å². The van der Waals surface area contributed by atoms with Crippen LogP contribution in [0.2, 0.25) is 0 Å². The topological polar surface area (TPSA) is 103 Å². The first kappa shape index (κ1) is 17.7. The van der Waals surface area contributed by atoms with Crippen molar-refractivity contribution in [2.24, 2.45) is 0 Å². The van der Waals surface area contributed by atoms with Crippen LogP contribution in [0.3, 0.4) is 0 Å². The van der Waals surface area contributed by atoms with Crippen LogP contribution in [0.4, 0.5) is 0 Å². The predicted octanol–water partition coefficient (Wildman–Crippen LogP) is 1.35. The maximum absolute atomic E-state index is 12.6. The molecule has 1 fully saturated rings. The van der Waals surface area contributed by atoms with E-state index in [4.69, 9.17) is 0 Å². The van der Waals surface area contributed by atoms with Crippen molar-refractivity contribution in [2.45, 2.75) is 30.1 Å². The number of nitrogens with zero attached hydrogens (tertiary/aromatic N) is 3. The molecule has 3 heterocycles. The van der Waals surface area contributed by atoms with Crippen molar-refractivity contribution in [3.8, 4) is 0 Å². The summed E-state index contributed by atoms with van der Waals surface area (Å²) in [6, 6.07) is 8.04. The smallest absolute Gasteiger partial charge is 0.269 e. The highest BCUT2D eigenvalue weighted by atomic mass is 32.2. The molecule has 1 unspecified atom stereocenters. The van der Waals surface area contributed by atoms with Crippen LogP contribution in [0.5, 0.6) is 0 Å². The van der Waals surface area contributed by atoms with Gasteiger partial charge in [0.2, 0.25) is 5.91 Å². The zero-order chi connectivity index (χ0) is 19.0. The number of nitrogens with one attached hydrogen (secondary N) is 1. The third-order valence-electron chi connectivity index (χ3n) is 5.18. The first-order valence-corrected chi connectivity index (χ1v) is 10.4. The summed E-state index contributed by atoms with van der Waals surface area (Å²) in [4.78, 5) is 26.8. The van der Waals surface area contributed by atoms with Gasteiger partial charge in [-0.05, 0) is 31.0 Å². The van der Waals surface area contributed by atoms with Gasteiger partial charge in [0, 0.05) is 43.9 Å². The van der Waals surface area contributed by atoms with Crippen LogP contribution in [0, 0.1) is 0 Å². The number of benzene rings is 1. The van der Waals surface area contributed by atoms with Crippen LogP contribution >= 0.6 is 0 Å². The minimum atomic E-state index is -3.87. The number of rotatable bonds is 4. The predicted molar refractivity (Wildman–Crippen MR) is 96.4 cm³/mol. The number of hydrogen-bond donors (Lipinski definition) is 1. The van der Waals surface area contributed by atoms with E-state index >= 15 is 0 Å². The maximum Gasteiger partial charge on any atom is 0.269 e. The Morgan fingerprint density at radius 3 is 2.81 bits per heavy atom. The van der Waals surface area contributed by atoms with Gasteiger partial charge >= 0.3 is 0 Å². The number of amides is 2. The van der Waals surface area contributed by atoms with Crippen LogP contribution < -0.4 is 0 Å². The molecule has 1 aromatic heterocycles. The minimum absolute atomic E-state index is 0.0136. The highest BCUT2D eigenvalue weighted by Gasteiger charge is 2.41. The lowest BCUT2D eigenvalue weighted by Gasteiger charge is -2.32. The average Bonchev–Trinajstić information content (AvgIpc) is 3.28. The molecule has 27 heavy (non-hydrogen) atoms. The molecule has 142 valence electrons. The number of aromatic amines is 1. The molecular formula is C18H20N4O4S. The van der Waals surface area contributed by atoms with Gasteiger partial charge < -0.3 is 4.90 Å². The van der Waals surface area contributed by atoms with Gasteiger partial charge in [-0.2, -0.15) is 5.10 Å². The Bertz CT molecular complexity index is 971. The van der Waals surface area contributed by atoms with E-state index in [2.05, 4.69) is 10.2 Å². The van der Waals surface area contributed by atoms with Crippen molar-refractivity contribution in [1.82, 2.24) is 19.4 Å². The third-order valence-corrected chi connectivity index (χ3v) is 7.02. The SMILES string of the molecule is O=C(CCN1C(=O)c2ccccc2S1(=O)=O)N1CCCC(c2ccn[nH]2)C1. The van der Waals surface area contributed by atoms with Gasteiger partial charge in [-0.3, -0.25) is 14.7 Å². The first-order chi connectivity index (χ1) is 13.0. The Labute approximate surface area is 157 Å². The fourth-order valence-electron chi connectivity index (χ4n) is 3.76. The summed E-state index contributed by atoms with van der Waals surface area (Å²) in [5, 5.41) is 6.91. The van der Waals surface area contributed by atoms with E-state index in [0.29, 0.717) is 13.1 Å². The van der Waals surface area contributed by atoms with E-state index in [1.807, 2.05) is 6.07 Å². The number of sulfonamides is 1. The molecule has 2 amide bonds. The Balaban J connectivity index is 1.42. The van der Waals surface area contributed by atoms with Crippen LogP contribution in [0.1, 0.15) is 41.2 Å². The summed E-state index contributed by atoms with van der Waals surface area (Å²) >= 11 is 0. The normalized spacial score (nSPS) is 21.3. The Kier molecular flexibility index (Phi) is 4.47. The van der Waals surface area contributed by atoms with E-state index in [1.54, 1.807) is 23.2 Å². The second-order valence-corrected chi connectivity index (χ2v) is 8.65. The molecule has 1 aromatic carbocycles. The summed E-state index contributed by atoms with van der Waals surface area (Å²) in [6.07, 6.45) is 3.52. The van der Waals surface area contributed by atoms with Crippen molar-refractivity contribution < 1.29 is 18.0 Å². The number of H-pyrrole nitrogens is 1. The number of aromatic nitrogens is 2. The zero-order valence-corrected chi connectivity index (χ0v) is 15.5. The molecule has 0 saturated carbocycles. The van der Waals surface area contributed by atoms with Crippen LogP contribution in [-0.2, 0) is 14.8 Å². The van der Waals surface area contributed by atoms with Crippen LogP contribution in [0.15, 0.2) is 41.4 Å². The van der Waals surface area contributed by atoms with Gasteiger partial charge in [0.05, 0.1) is 5.56 Å². The van der Waals surface area contributed by atoms with Gasteiger partial charge in [0.25, 0.3) is 15.9 Å². The number of carbonyl (C=O) groups is 2. The standard InChI is InChI=1S/C18H20N4O4S/c23-17(21-10-3-4-13(12-21)15-7-9-19-20-15)8-11-22-18(24)14-5-1-2-6-16(14)27(22,25)26/h1-2,5-7,9,13H,3-4,8,10-12H2,(H,19,20). The van der Waals surface area contributed by atoms with E-state index in [-0.39, 0.29) is 35.2 Å². The van der Waals surface area contributed by atoms with Crippen LogP contribution in [-0.4, -0.2) is 59.3 Å². The lowest BCUT2D eigenvalue weighted by atomic mass is 9.95. The van der Waals surface area contributed by atoms with Gasteiger partial charge in [0.1, 0.15) is 4.90 Å². The van der Waals surface area contributed by atoms with Gasteiger partial charge in [-0.25, -0.2) is 12.7 Å². The Morgan fingerprint density at radius 1 is 1.26 bits per heavy atom. The molecule has 0 bridgehead atoms. The summed E-state index contributed by atoms with van der Waals surface area (Å²) in [5.41, 5.74) is 1.17. The van der Waals surface area contributed by atoms with Crippen LogP contribution in [0.25, 0.3) is 0 Å². The number of piperidine rings is 1. The molecule has 0 spiro atoms. The molecule has 2 aromatic rings. The Hall–Kier alpha value is -2.68. The molecule has 0 aliphatic carbocycles. The summed E-state index contributed by atoms with van der Waals surface area (Å²) < 4.78 is 25.9. The summed E-state index contributed by atoms with van der Waals surface area (Å²) in [7, 11) is -3.87. The molecule has 1 saturated heterocycles. The van der Waals surface area contributed by atoms with E-state index in [1.165, 1.54) is 12.1 Å². The Morgan fingerprint density at radius 2 is 2.07 bits per heavy atom. The lowest BCUT2D eigenvalue weighted by molar-refractivity contribution is -0.132. The third kappa shape index (κ3) is 3.12. The fourth-order valence-corrected chi connectivity index (χ4v) is 5.33. The van der Waals surface area contributed by atoms with Crippen molar-refractivity contribution in [1.29, 1.82) is 0 Å². The van der Waals surface area contributed by atoms with Gasteiger partial charge in [0.15, 0.2) is 0 Å². The monoisotopic (exact) mass is 388 g/mol. The van der Waals surface area contributed by atoms with Crippen molar-refractivity contribution >= 4 is 21.8 Å². The second-order valence-electron chi connectivity index (χ2n) is 6.82.